The lowest BCUT2D eigenvalue weighted by atomic mass is 10.2. The van der Waals surface area contributed by atoms with Crippen molar-refractivity contribution in [2.45, 2.75) is 12.7 Å². The number of carbonyl (C=O) groups excluding carboxylic acids is 1. The zero-order valence-electron chi connectivity index (χ0n) is 16.9. The minimum absolute atomic E-state index is 0.0233. The Bertz CT molecular complexity index is 1370. The van der Waals surface area contributed by atoms with Gasteiger partial charge in [0, 0.05) is 16.9 Å². The molecule has 1 amide bonds. The van der Waals surface area contributed by atoms with Gasteiger partial charge in [0.25, 0.3) is 0 Å². The molecule has 3 aromatic carbocycles. The summed E-state index contributed by atoms with van der Waals surface area (Å²) in [5, 5.41) is 7.43. The number of halogens is 4. The average Bonchev–Trinajstić information content (AvgIpc) is 3.10. The van der Waals surface area contributed by atoms with Crippen molar-refractivity contribution in [2.75, 3.05) is 5.32 Å². The molecule has 0 saturated heterocycles. The first kappa shape index (κ1) is 22.8. The van der Waals surface area contributed by atoms with Crippen molar-refractivity contribution in [2.24, 2.45) is 0 Å². The summed E-state index contributed by atoms with van der Waals surface area (Å²) < 4.78 is 42.1. The van der Waals surface area contributed by atoms with E-state index in [0.717, 1.165) is 17.8 Å². The van der Waals surface area contributed by atoms with Crippen LogP contribution in [-0.4, -0.2) is 20.3 Å². The molecule has 0 aliphatic rings. The normalized spacial score (nSPS) is 11.4. The Morgan fingerprint density at radius 1 is 1.00 bits per heavy atom. The van der Waals surface area contributed by atoms with Gasteiger partial charge in [0.05, 0.1) is 10.6 Å². The predicted octanol–water partition coefficient (Wildman–Crippen LogP) is 6.38. The molecule has 10 heteroatoms. The minimum Gasteiger partial charge on any atom is -0.324 e. The highest BCUT2D eigenvalue weighted by Gasteiger charge is 2.30. The summed E-state index contributed by atoms with van der Waals surface area (Å²) >= 11 is 12.0. The molecular formula is C23H16ClF3N4OS. The number of nitrogens with zero attached hydrogens (tertiary/aromatic N) is 3. The summed E-state index contributed by atoms with van der Waals surface area (Å²) in [5.74, 6) is -0.141. The number of alkyl halides is 3. The summed E-state index contributed by atoms with van der Waals surface area (Å²) in [6.45, 7) is -0.299. The van der Waals surface area contributed by atoms with Gasteiger partial charge < -0.3 is 5.32 Å². The van der Waals surface area contributed by atoms with E-state index in [1.807, 2.05) is 30.3 Å². The first-order valence-electron chi connectivity index (χ1n) is 9.71. The largest absolute Gasteiger partial charge is 0.416 e. The van der Waals surface area contributed by atoms with Gasteiger partial charge in [0.15, 0.2) is 5.82 Å². The molecule has 0 radical (unpaired) electrons. The Balaban J connectivity index is 1.69. The van der Waals surface area contributed by atoms with Crippen LogP contribution in [-0.2, 0) is 17.5 Å². The van der Waals surface area contributed by atoms with Gasteiger partial charge in [-0.25, -0.2) is 4.68 Å². The zero-order chi connectivity index (χ0) is 23.6. The molecule has 1 aromatic heterocycles. The Morgan fingerprint density at radius 2 is 1.70 bits per heavy atom. The minimum atomic E-state index is -4.51. The molecule has 0 spiro atoms. The molecule has 4 rings (SSSR count). The zero-order valence-corrected chi connectivity index (χ0v) is 18.5. The van der Waals surface area contributed by atoms with Crippen molar-refractivity contribution in [3.05, 3.63) is 94.2 Å². The molecule has 0 unspecified atom stereocenters. The van der Waals surface area contributed by atoms with Gasteiger partial charge >= 0.3 is 6.18 Å². The maximum absolute atomic E-state index is 13.0. The number of anilines is 1. The number of para-hydroxylation sites is 1. The molecular weight excluding hydrogens is 473 g/mol. The summed E-state index contributed by atoms with van der Waals surface area (Å²) in [5.41, 5.74) is 0.509. The van der Waals surface area contributed by atoms with E-state index in [-0.39, 0.29) is 17.0 Å². The molecule has 0 saturated carbocycles. The number of carbonyl (C=O) groups is 1. The number of aromatic nitrogens is 3. The number of hydrogen-bond acceptors (Lipinski definition) is 3. The van der Waals surface area contributed by atoms with Gasteiger partial charge in [-0.15, -0.1) is 0 Å². The number of nitrogens with one attached hydrogen (secondary N) is 1. The van der Waals surface area contributed by atoms with Gasteiger partial charge in [-0.1, -0.05) is 48.0 Å². The van der Waals surface area contributed by atoms with Gasteiger partial charge in [-0.2, -0.15) is 18.3 Å². The lowest BCUT2D eigenvalue weighted by Gasteiger charge is -2.10. The van der Waals surface area contributed by atoms with E-state index in [2.05, 4.69) is 10.4 Å². The van der Waals surface area contributed by atoms with E-state index in [9.17, 15) is 18.0 Å². The third-order valence-corrected chi connectivity index (χ3v) is 5.46. The molecule has 1 heterocycles. The van der Waals surface area contributed by atoms with Crippen molar-refractivity contribution < 1.29 is 18.0 Å². The van der Waals surface area contributed by atoms with Crippen LogP contribution in [0.1, 0.15) is 5.56 Å². The summed E-state index contributed by atoms with van der Waals surface area (Å²) in [7, 11) is 0. The topological polar surface area (TPSA) is 51.9 Å². The molecule has 33 heavy (non-hydrogen) atoms. The third kappa shape index (κ3) is 4.99. The number of hydrogen-bond donors (Lipinski definition) is 1. The summed E-state index contributed by atoms with van der Waals surface area (Å²) in [4.78, 5) is 12.6. The fourth-order valence-corrected chi connectivity index (χ4v) is 3.76. The van der Waals surface area contributed by atoms with Gasteiger partial charge in [-0.05, 0) is 54.7 Å². The number of amides is 1. The lowest BCUT2D eigenvalue weighted by Crippen LogP contribution is -2.20. The molecule has 1 N–H and O–H groups in total. The fraction of sp³-hybridized carbons (Fsp3) is 0.0870. The van der Waals surface area contributed by atoms with Gasteiger partial charge in [0.1, 0.15) is 6.54 Å². The molecule has 0 fully saturated rings. The Hall–Kier alpha value is -3.43. The van der Waals surface area contributed by atoms with Crippen LogP contribution >= 0.6 is 23.8 Å². The van der Waals surface area contributed by atoms with Crippen molar-refractivity contribution in [3.8, 4) is 17.1 Å². The number of benzene rings is 3. The summed E-state index contributed by atoms with van der Waals surface area (Å²) in [6, 6.07) is 20.7. The van der Waals surface area contributed by atoms with Crippen LogP contribution in [0, 0.1) is 4.77 Å². The Labute approximate surface area is 197 Å². The van der Waals surface area contributed by atoms with Crippen molar-refractivity contribution in [3.63, 3.8) is 0 Å². The highest BCUT2D eigenvalue weighted by Crippen LogP contribution is 2.31. The predicted molar refractivity (Wildman–Crippen MR) is 123 cm³/mol. The smallest absolute Gasteiger partial charge is 0.324 e. The molecule has 0 atom stereocenters. The Kier molecular flexibility index (Phi) is 6.35. The van der Waals surface area contributed by atoms with E-state index >= 15 is 0 Å². The summed E-state index contributed by atoms with van der Waals surface area (Å²) in [6.07, 6.45) is -4.51. The second-order valence-electron chi connectivity index (χ2n) is 7.04. The molecule has 168 valence electrons. The van der Waals surface area contributed by atoms with Crippen LogP contribution in [0.5, 0.6) is 0 Å². The standard InChI is InChI=1S/C23H16ClF3N4OS/c24-19-12-5-4-11-18(19)21-29-30(22(33)31(21)17-9-2-1-3-10-17)14-20(32)28-16-8-6-7-15(13-16)23(25,26)27/h1-13H,14H2,(H,28,32). The quantitative estimate of drug-likeness (QED) is 0.331. The van der Waals surface area contributed by atoms with Crippen molar-refractivity contribution >= 4 is 35.4 Å². The van der Waals surface area contributed by atoms with Crippen LogP contribution in [0.2, 0.25) is 5.02 Å². The molecule has 4 aromatic rings. The van der Waals surface area contributed by atoms with E-state index < -0.39 is 17.6 Å². The number of rotatable bonds is 5. The molecule has 0 bridgehead atoms. The maximum Gasteiger partial charge on any atom is 0.416 e. The van der Waals surface area contributed by atoms with E-state index in [4.69, 9.17) is 23.8 Å². The third-order valence-electron chi connectivity index (χ3n) is 4.74. The fourth-order valence-electron chi connectivity index (χ4n) is 3.25. The molecule has 5 nitrogen and oxygen atoms in total. The van der Waals surface area contributed by atoms with Gasteiger partial charge in [0.2, 0.25) is 10.7 Å². The van der Waals surface area contributed by atoms with Crippen molar-refractivity contribution in [1.82, 2.24) is 14.3 Å². The SMILES string of the molecule is O=C(Cn1nc(-c2ccccc2Cl)n(-c2ccccc2)c1=S)Nc1cccc(C(F)(F)F)c1. The van der Waals surface area contributed by atoms with Gasteiger partial charge in [-0.3, -0.25) is 9.36 Å². The first-order valence-corrected chi connectivity index (χ1v) is 10.5. The molecule has 0 aliphatic carbocycles. The maximum atomic E-state index is 13.0. The monoisotopic (exact) mass is 488 g/mol. The van der Waals surface area contributed by atoms with Crippen molar-refractivity contribution in [1.29, 1.82) is 0 Å². The van der Waals surface area contributed by atoms with E-state index in [0.29, 0.717) is 16.4 Å². The van der Waals surface area contributed by atoms with Crippen LogP contribution in [0.3, 0.4) is 0 Å². The first-order chi connectivity index (χ1) is 15.7. The van der Waals surface area contributed by atoms with Crippen LogP contribution in [0.25, 0.3) is 17.1 Å². The lowest BCUT2D eigenvalue weighted by molar-refractivity contribution is -0.137. The molecule has 0 aliphatic heterocycles. The highest BCUT2D eigenvalue weighted by molar-refractivity contribution is 7.71. The van der Waals surface area contributed by atoms with E-state index in [1.165, 1.54) is 16.8 Å². The van der Waals surface area contributed by atoms with Crippen LogP contribution in [0.4, 0.5) is 18.9 Å². The Morgan fingerprint density at radius 3 is 2.39 bits per heavy atom. The van der Waals surface area contributed by atoms with E-state index in [1.54, 1.807) is 28.8 Å². The van der Waals surface area contributed by atoms with Crippen LogP contribution in [0.15, 0.2) is 78.9 Å². The van der Waals surface area contributed by atoms with Crippen LogP contribution < -0.4 is 5.32 Å². The average molecular weight is 489 g/mol. The highest BCUT2D eigenvalue weighted by atomic mass is 35.5. The second kappa shape index (κ2) is 9.21. The second-order valence-corrected chi connectivity index (χ2v) is 7.81.